The van der Waals surface area contributed by atoms with E-state index in [1.165, 1.54) is 12.0 Å². The second-order valence-corrected chi connectivity index (χ2v) is 6.95. The zero-order chi connectivity index (χ0) is 20.5. The van der Waals surface area contributed by atoms with E-state index in [9.17, 15) is 20.6 Å². The van der Waals surface area contributed by atoms with Crippen LogP contribution in [0, 0.1) is 52.2 Å². The van der Waals surface area contributed by atoms with Gasteiger partial charge in [0.05, 0.1) is 36.6 Å². The van der Waals surface area contributed by atoms with Crippen LogP contribution in [0.1, 0.15) is 17.0 Å². The fraction of sp³-hybridized carbons (Fsp3) is 0.333. The van der Waals surface area contributed by atoms with E-state index in [2.05, 4.69) is 6.07 Å². The van der Waals surface area contributed by atoms with Gasteiger partial charge in [0.25, 0.3) is 0 Å². The summed E-state index contributed by atoms with van der Waals surface area (Å²) in [6.07, 6.45) is 1.19. The number of nitriles is 3. The minimum Gasteiger partial charge on any atom is -0.453 e. The number of hydrogen-bond donors (Lipinski definition) is 1. The number of amides is 1. The van der Waals surface area contributed by atoms with Crippen LogP contribution in [0.15, 0.2) is 47.2 Å². The number of nitrogens with zero attached hydrogens (tertiary/aromatic N) is 4. The Morgan fingerprint density at radius 2 is 2.04 bits per heavy atom. The van der Waals surface area contributed by atoms with Gasteiger partial charge in [0.15, 0.2) is 0 Å². The second kappa shape index (κ2) is 7.10. The molecule has 0 unspecified atom stereocenters. The Labute approximate surface area is 163 Å². The Bertz CT molecular complexity index is 1000. The van der Waals surface area contributed by atoms with Crippen LogP contribution >= 0.6 is 0 Å². The molecule has 0 saturated carbocycles. The molecule has 0 fully saturated rings. The second-order valence-electron chi connectivity index (χ2n) is 6.95. The van der Waals surface area contributed by atoms with Crippen LogP contribution in [0.25, 0.3) is 0 Å². The number of rotatable bonds is 1. The van der Waals surface area contributed by atoms with Crippen molar-refractivity contribution in [3.8, 4) is 18.2 Å². The molecule has 2 N–H and O–H groups in total. The van der Waals surface area contributed by atoms with Crippen molar-refractivity contribution in [2.45, 2.75) is 12.8 Å². The number of aryl methyl sites for hydroxylation is 1. The molecule has 2 atom stereocenters. The maximum Gasteiger partial charge on any atom is 0.409 e. The number of nitrogens with two attached hydrogens (primary N) is 1. The highest BCUT2D eigenvalue weighted by molar-refractivity contribution is 5.69. The van der Waals surface area contributed by atoms with Crippen LogP contribution in [0.3, 0.4) is 0 Å². The molecule has 140 valence electrons. The molecule has 1 aromatic carbocycles. The van der Waals surface area contributed by atoms with Crippen molar-refractivity contribution in [3.63, 3.8) is 0 Å². The van der Waals surface area contributed by atoms with Crippen LogP contribution in [0.4, 0.5) is 4.79 Å². The van der Waals surface area contributed by atoms with E-state index < -0.39 is 23.3 Å². The van der Waals surface area contributed by atoms with Gasteiger partial charge in [-0.2, -0.15) is 15.8 Å². The summed E-state index contributed by atoms with van der Waals surface area (Å²) in [5, 5.41) is 29.6. The third kappa shape index (κ3) is 2.68. The fourth-order valence-electron chi connectivity index (χ4n) is 4.16. The average molecular weight is 373 g/mol. The summed E-state index contributed by atoms with van der Waals surface area (Å²) in [4.78, 5) is 13.6. The molecular formula is C21H19N5O2. The highest BCUT2D eigenvalue weighted by Crippen LogP contribution is 2.52. The van der Waals surface area contributed by atoms with Crippen molar-refractivity contribution in [2.24, 2.45) is 17.1 Å². The number of allylic oxidation sites excluding steroid dienone is 2. The first-order valence-electron chi connectivity index (χ1n) is 8.76. The first kappa shape index (κ1) is 19.0. The van der Waals surface area contributed by atoms with E-state index >= 15 is 0 Å². The molecule has 1 aliphatic heterocycles. The smallest absolute Gasteiger partial charge is 0.409 e. The van der Waals surface area contributed by atoms with Crippen molar-refractivity contribution in [1.82, 2.24) is 4.90 Å². The number of carbonyl (C=O) groups excluding carboxylic acids is 1. The summed E-state index contributed by atoms with van der Waals surface area (Å²) in [5.41, 5.74) is 7.12. The van der Waals surface area contributed by atoms with Crippen LogP contribution in [0.2, 0.25) is 0 Å². The van der Waals surface area contributed by atoms with Crippen molar-refractivity contribution in [1.29, 1.82) is 15.8 Å². The van der Waals surface area contributed by atoms with Crippen LogP contribution in [-0.2, 0) is 4.74 Å². The maximum atomic E-state index is 12.1. The molecule has 1 aliphatic carbocycles. The third-order valence-corrected chi connectivity index (χ3v) is 5.48. The summed E-state index contributed by atoms with van der Waals surface area (Å²) < 4.78 is 4.83. The van der Waals surface area contributed by atoms with Gasteiger partial charge in [-0.05, 0) is 18.1 Å². The van der Waals surface area contributed by atoms with Gasteiger partial charge < -0.3 is 15.4 Å². The van der Waals surface area contributed by atoms with Crippen LogP contribution < -0.4 is 5.73 Å². The number of ether oxygens (including phenoxy) is 1. The van der Waals surface area contributed by atoms with Crippen molar-refractivity contribution < 1.29 is 9.53 Å². The normalized spacial score (nSPS) is 22.8. The van der Waals surface area contributed by atoms with Crippen LogP contribution in [-0.4, -0.2) is 31.2 Å². The molecule has 1 heterocycles. The zero-order valence-electron chi connectivity index (χ0n) is 15.6. The highest BCUT2D eigenvalue weighted by Gasteiger charge is 2.53. The highest BCUT2D eigenvalue weighted by atomic mass is 16.5. The lowest BCUT2D eigenvalue weighted by Gasteiger charge is -2.44. The van der Waals surface area contributed by atoms with E-state index in [4.69, 9.17) is 10.5 Å². The lowest BCUT2D eigenvalue weighted by Crippen LogP contribution is -2.48. The topological polar surface area (TPSA) is 127 Å². The monoisotopic (exact) mass is 373 g/mol. The summed E-state index contributed by atoms with van der Waals surface area (Å²) in [6.45, 7) is 2.37. The maximum absolute atomic E-state index is 12.1. The Morgan fingerprint density at radius 1 is 1.32 bits per heavy atom. The van der Waals surface area contributed by atoms with E-state index in [1.807, 2.05) is 43.3 Å². The van der Waals surface area contributed by atoms with E-state index in [1.54, 1.807) is 6.08 Å². The zero-order valence-corrected chi connectivity index (χ0v) is 15.6. The van der Waals surface area contributed by atoms with Crippen molar-refractivity contribution in [3.05, 3.63) is 58.3 Å². The standard InChI is InChI=1S/C21H19N5O2/c1-13-4-3-5-14(8-13)18-15(9-22)19(25)21(11-23,12-24)17-6-7-26(10-16(17)18)20(27)28-2/h3-6,8,16,18H,7,10,25H2,1-2H3/t16-,18-/m1/s1. The van der Waals surface area contributed by atoms with Gasteiger partial charge in [0, 0.05) is 24.9 Å². The summed E-state index contributed by atoms with van der Waals surface area (Å²) in [5.74, 6) is -0.894. The largest absolute Gasteiger partial charge is 0.453 e. The first-order chi connectivity index (χ1) is 13.4. The average Bonchev–Trinajstić information content (AvgIpc) is 2.72. The van der Waals surface area contributed by atoms with Gasteiger partial charge in [0.1, 0.15) is 0 Å². The predicted octanol–water partition coefficient (Wildman–Crippen LogP) is 2.49. The minimum absolute atomic E-state index is 0.0273. The molecule has 7 heteroatoms. The van der Waals surface area contributed by atoms with Gasteiger partial charge in [-0.25, -0.2) is 4.79 Å². The van der Waals surface area contributed by atoms with Gasteiger partial charge in [-0.15, -0.1) is 0 Å². The van der Waals surface area contributed by atoms with E-state index in [-0.39, 0.29) is 24.4 Å². The molecule has 2 aliphatic rings. The molecule has 0 saturated heterocycles. The van der Waals surface area contributed by atoms with Gasteiger partial charge >= 0.3 is 6.09 Å². The van der Waals surface area contributed by atoms with Crippen molar-refractivity contribution in [2.75, 3.05) is 20.2 Å². The van der Waals surface area contributed by atoms with Gasteiger partial charge in [0.2, 0.25) is 5.41 Å². The van der Waals surface area contributed by atoms with Gasteiger partial charge in [-0.1, -0.05) is 35.9 Å². The van der Waals surface area contributed by atoms with E-state index in [0.29, 0.717) is 5.57 Å². The number of methoxy groups -OCH3 is 1. The molecular weight excluding hydrogens is 354 g/mol. The molecule has 28 heavy (non-hydrogen) atoms. The molecule has 7 nitrogen and oxygen atoms in total. The summed E-state index contributed by atoms with van der Waals surface area (Å²) >= 11 is 0. The molecule has 0 aromatic heterocycles. The number of hydrogen-bond acceptors (Lipinski definition) is 6. The SMILES string of the molecule is COC(=O)N1CC=C2[C@@H](C1)[C@H](c1cccc(C)c1)C(C#N)=C(N)C2(C#N)C#N. The molecule has 0 radical (unpaired) electrons. The number of fused-ring (bicyclic) bond motifs is 1. The van der Waals surface area contributed by atoms with Crippen LogP contribution in [0.5, 0.6) is 0 Å². The van der Waals surface area contributed by atoms with Crippen molar-refractivity contribution >= 4 is 6.09 Å². The minimum atomic E-state index is -1.71. The Hall–Kier alpha value is -3.76. The Balaban J connectivity index is 2.28. The first-order valence-corrected chi connectivity index (χ1v) is 8.76. The quantitative estimate of drug-likeness (QED) is 0.753. The van der Waals surface area contributed by atoms with E-state index in [0.717, 1.165) is 11.1 Å². The molecule has 1 aromatic rings. The number of carbonyl (C=O) groups is 1. The predicted molar refractivity (Wildman–Crippen MR) is 100.0 cm³/mol. The third-order valence-electron chi connectivity index (χ3n) is 5.48. The summed E-state index contributed by atoms with van der Waals surface area (Å²) in [6, 6.07) is 13.8. The molecule has 1 amide bonds. The fourth-order valence-corrected chi connectivity index (χ4v) is 4.16. The Kier molecular flexibility index (Phi) is 4.82. The molecule has 3 rings (SSSR count). The van der Waals surface area contributed by atoms with Gasteiger partial charge in [-0.3, -0.25) is 0 Å². The Morgan fingerprint density at radius 3 is 2.61 bits per heavy atom. The lowest BCUT2D eigenvalue weighted by molar-refractivity contribution is 0.117. The molecule has 0 spiro atoms. The lowest BCUT2D eigenvalue weighted by atomic mass is 9.60. The molecule has 0 bridgehead atoms. The number of benzene rings is 1. The summed E-state index contributed by atoms with van der Waals surface area (Å²) in [7, 11) is 1.30.